The molecule has 1 unspecified atom stereocenters. The lowest BCUT2D eigenvalue weighted by Crippen LogP contribution is -2.31. The van der Waals surface area contributed by atoms with Gasteiger partial charge in [-0.05, 0) is 79.5 Å². The van der Waals surface area contributed by atoms with Crippen molar-refractivity contribution in [3.8, 4) is 5.75 Å². The second-order valence-corrected chi connectivity index (χ2v) is 7.68. The van der Waals surface area contributed by atoms with E-state index in [1.807, 2.05) is 19.1 Å². The van der Waals surface area contributed by atoms with Crippen molar-refractivity contribution in [2.24, 2.45) is 0 Å². The third-order valence-electron chi connectivity index (χ3n) is 5.59. The van der Waals surface area contributed by atoms with Crippen LogP contribution in [-0.2, 0) is 28.9 Å². The van der Waals surface area contributed by atoms with Crippen LogP contribution in [-0.4, -0.2) is 18.4 Å². The average Bonchev–Trinajstić information content (AvgIpc) is 2.71. The molecule has 146 valence electrons. The molecule has 1 heterocycles. The number of hydrogen-bond donors (Lipinski definition) is 2. The van der Waals surface area contributed by atoms with E-state index in [1.54, 1.807) is 6.07 Å². The van der Waals surface area contributed by atoms with E-state index in [0.717, 1.165) is 29.7 Å². The predicted molar refractivity (Wildman–Crippen MR) is 109 cm³/mol. The van der Waals surface area contributed by atoms with Crippen molar-refractivity contribution in [2.45, 2.75) is 51.5 Å². The van der Waals surface area contributed by atoms with Crippen LogP contribution in [0, 0.1) is 0 Å². The fourth-order valence-electron chi connectivity index (χ4n) is 3.99. The van der Waals surface area contributed by atoms with Crippen molar-refractivity contribution >= 4 is 17.5 Å². The van der Waals surface area contributed by atoms with Crippen LogP contribution < -0.4 is 15.4 Å². The molecule has 5 nitrogen and oxygen atoms in total. The van der Waals surface area contributed by atoms with Crippen LogP contribution >= 0.6 is 0 Å². The standard InChI is InChI=1S/C23H26N2O3/c1-15(17-7-6-16-4-2-3-5-18(16)12-17)24-23(27)14-28-20-9-10-21-19(13-20)8-11-22(26)25-21/h6-7,9-10,12-13,15H,2-5,8,11,14H2,1H3,(H,24,27)(H,25,26). The minimum Gasteiger partial charge on any atom is -0.484 e. The molecule has 28 heavy (non-hydrogen) atoms. The number of anilines is 1. The van der Waals surface area contributed by atoms with Gasteiger partial charge in [-0.15, -0.1) is 0 Å². The number of carbonyl (C=O) groups excluding carboxylic acids is 2. The van der Waals surface area contributed by atoms with E-state index in [0.29, 0.717) is 18.6 Å². The number of benzene rings is 2. The van der Waals surface area contributed by atoms with Gasteiger partial charge in [0.15, 0.2) is 6.61 Å². The Morgan fingerprint density at radius 1 is 1.04 bits per heavy atom. The molecule has 0 aromatic heterocycles. The van der Waals surface area contributed by atoms with Gasteiger partial charge in [0, 0.05) is 12.1 Å². The Morgan fingerprint density at radius 3 is 2.71 bits per heavy atom. The number of ether oxygens (including phenoxy) is 1. The molecule has 2 amide bonds. The van der Waals surface area contributed by atoms with Crippen LogP contribution in [0.15, 0.2) is 36.4 Å². The fourth-order valence-corrected chi connectivity index (χ4v) is 3.99. The summed E-state index contributed by atoms with van der Waals surface area (Å²) >= 11 is 0. The topological polar surface area (TPSA) is 67.4 Å². The normalized spacial score (nSPS) is 16.4. The summed E-state index contributed by atoms with van der Waals surface area (Å²) in [7, 11) is 0. The van der Waals surface area contributed by atoms with Crippen LogP contribution in [0.2, 0.25) is 0 Å². The Bertz CT molecular complexity index is 907. The van der Waals surface area contributed by atoms with Gasteiger partial charge in [0.05, 0.1) is 6.04 Å². The Balaban J connectivity index is 1.32. The number of rotatable bonds is 5. The van der Waals surface area contributed by atoms with Crippen molar-refractivity contribution in [1.82, 2.24) is 5.32 Å². The molecule has 0 saturated carbocycles. The lowest BCUT2D eigenvalue weighted by Gasteiger charge is -2.20. The third-order valence-corrected chi connectivity index (χ3v) is 5.59. The van der Waals surface area contributed by atoms with Gasteiger partial charge in [-0.25, -0.2) is 0 Å². The quantitative estimate of drug-likeness (QED) is 0.834. The predicted octanol–water partition coefficient (Wildman–Crippen LogP) is 3.71. The van der Waals surface area contributed by atoms with Gasteiger partial charge in [0.25, 0.3) is 5.91 Å². The minimum absolute atomic E-state index is 0.0274. The van der Waals surface area contributed by atoms with E-state index >= 15 is 0 Å². The number of fused-ring (bicyclic) bond motifs is 2. The maximum atomic E-state index is 12.3. The molecule has 1 aliphatic carbocycles. The summed E-state index contributed by atoms with van der Waals surface area (Å²) in [4.78, 5) is 23.8. The fraction of sp³-hybridized carbons (Fsp3) is 0.391. The lowest BCUT2D eigenvalue weighted by atomic mass is 9.89. The van der Waals surface area contributed by atoms with Crippen molar-refractivity contribution < 1.29 is 14.3 Å². The summed E-state index contributed by atoms with van der Waals surface area (Å²) in [5.41, 5.74) is 5.87. The van der Waals surface area contributed by atoms with Crippen LogP contribution in [0.4, 0.5) is 5.69 Å². The molecular formula is C23H26N2O3. The van der Waals surface area contributed by atoms with Crippen LogP contribution in [0.3, 0.4) is 0 Å². The van der Waals surface area contributed by atoms with Crippen LogP contribution in [0.5, 0.6) is 5.75 Å². The molecular weight excluding hydrogens is 352 g/mol. The van der Waals surface area contributed by atoms with Crippen LogP contribution in [0.1, 0.15) is 54.5 Å². The smallest absolute Gasteiger partial charge is 0.258 e. The number of carbonyl (C=O) groups is 2. The summed E-state index contributed by atoms with van der Waals surface area (Å²) < 4.78 is 5.66. The highest BCUT2D eigenvalue weighted by Gasteiger charge is 2.17. The first-order valence-corrected chi connectivity index (χ1v) is 10.0. The molecule has 2 aromatic carbocycles. The van der Waals surface area contributed by atoms with E-state index in [4.69, 9.17) is 4.74 Å². The van der Waals surface area contributed by atoms with E-state index in [-0.39, 0.29) is 24.5 Å². The second-order valence-electron chi connectivity index (χ2n) is 7.68. The molecule has 4 rings (SSSR count). The monoisotopic (exact) mass is 378 g/mol. The highest BCUT2D eigenvalue weighted by atomic mass is 16.5. The van der Waals surface area contributed by atoms with E-state index < -0.39 is 0 Å². The average molecular weight is 378 g/mol. The number of aryl methyl sites for hydroxylation is 3. The maximum absolute atomic E-state index is 12.3. The molecule has 2 N–H and O–H groups in total. The van der Waals surface area contributed by atoms with Gasteiger partial charge in [-0.1, -0.05) is 18.2 Å². The molecule has 2 aliphatic rings. The molecule has 0 radical (unpaired) electrons. The zero-order valence-electron chi connectivity index (χ0n) is 16.2. The molecule has 2 aromatic rings. The SMILES string of the molecule is CC(NC(=O)COc1ccc2c(c1)CCC(=O)N2)c1ccc2c(c1)CCCC2. The third kappa shape index (κ3) is 4.19. The zero-order valence-corrected chi connectivity index (χ0v) is 16.2. The van der Waals surface area contributed by atoms with Crippen molar-refractivity contribution in [3.63, 3.8) is 0 Å². The summed E-state index contributed by atoms with van der Waals surface area (Å²) in [6, 6.07) is 12.0. The molecule has 0 fully saturated rings. The molecule has 0 spiro atoms. The lowest BCUT2D eigenvalue weighted by molar-refractivity contribution is -0.123. The number of nitrogens with one attached hydrogen (secondary N) is 2. The number of hydrogen-bond acceptors (Lipinski definition) is 3. The highest BCUT2D eigenvalue weighted by Crippen LogP contribution is 2.27. The molecule has 1 atom stereocenters. The highest BCUT2D eigenvalue weighted by molar-refractivity contribution is 5.94. The van der Waals surface area contributed by atoms with Gasteiger partial charge >= 0.3 is 0 Å². The van der Waals surface area contributed by atoms with Gasteiger partial charge < -0.3 is 15.4 Å². The zero-order chi connectivity index (χ0) is 19.5. The van der Waals surface area contributed by atoms with Crippen molar-refractivity contribution in [2.75, 3.05) is 11.9 Å². The first kappa shape index (κ1) is 18.5. The second kappa shape index (κ2) is 8.05. The van der Waals surface area contributed by atoms with E-state index in [2.05, 4.69) is 28.8 Å². The first-order valence-electron chi connectivity index (χ1n) is 10.0. The largest absolute Gasteiger partial charge is 0.484 e. The van der Waals surface area contributed by atoms with Crippen molar-refractivity contribution in [3.05, 3.63) is 58.7 Å². The van der Waals surface area contributed by atoms with Crippen LogP contribution in [0.25, 0.3) is 0 Å². The summed E-state index contributed by atoms with van der Waals surface area (Å²) in [6.45, 7) is 1.98. The minimum atomic E-state index is -0.142. The van der Waals surface area contributed by atoms with Crippen molar-refractivity contribution in [1.29, 1.82) is 0 Å². The Labute approximate surface area is 165 Å². The molecule has 1 aliphatic heterocycles. The van der Waals surface area contributed by atoms with Gasteiger partial charge in [0.2, 0.25) is 5.91 Å². The summed E-state index contributed by atoms with van der Waals surface area (Å²) in [5.74, 6) is 0.541. The first-order chi connectivity index (χ1) is 13.6. The van der Waals surface area contributed by atoms with E-state index in [1.165, 1.54) is 24.0 Å². The maximum Gasteiger partial charge on any atom is 0.258 e. The van der Waals surface area contributed by atoms with E-state index in [9.17, 15) is 9.59 Å². The Morgan fingerprint density at radius 2 is 1.86 bits per heavy atom. The van der Waals surface area contributed by atoms with Gasteiger partial charge in [-0.2, -0.15) is 0 Å². The Hall–Kier alpha value is -2.82. The molecule has 0 saturated heterocycles. The molecule has 0 bridgehead atoms. The molecule has 5 heteroatoms. The van der Waals surface area contributed by atoms with Gasteiger partial charge in [-0.3, -0.25) is 9.59 Å². The Kier molecular flexibility index (Phi) is 5.33. The van der Waals surface area contributed by atoms with Gasteiger partial charge in [0.1, 0.15) is 5.75 Å². The number of amides is 2. The summed E-state index contributed by atoms with van der Waals surface area (Å²) in [6.07, 6.45) is 5.98. The summed E-state index contributed by atoms with van der Waals surface area (Å²) in [5, 5.41) is 5.86.